The minimum absolute atomic E-state index is 0.0224. The summed E-state index contributed by atoms with van der Waals surface area (Å²) in [5.74, 6) is -1.46. The van der Waals surface area contributed by atoms with Gasteiger partial charge in [0.15, 0.2) is 9.84 Å². The van der Waals surface area contributed by atoms with Crippen molar-refractivity contribution < 1.29 is 21.6 Å². The number of halogens is 3. The second kappa shape index (κ2) is 5.95. The number of alkyl halides is 3. The molecule has 0 saturated heterocycles. The molecule has 0 aromatic heterocycles. The molecule has 0 fully saturated rings. The van der Waals surface area contributed by atoms with E-state index in [-0.39, 0.29) is 16.9 Å². The summed E-state index contributed by atoms with van der Waals surface area (Å²) < 4.78 is 62.9. The lowest BCUT2D eigenvalue weighted by Crippen LogP contribution is -2.24. The van der Waals surface area contributed by atoms with Gasteiger partial charge in [-0.15, -0.1) is 0 Å². The van der Waals surface area contributed by atoms with Gasteiger partial charge < -0.3 is 11.5 Å². The van der Waals surface area contributed by atoms with Gasteiger partial charge in [0.2, 0.25) is 5.96 Å². The number of nitrogens with zero attached hydrogens (tertiary/aromatic N) is 1. The lowest BCUT2D eigenvalue weighted by atomic mass is 10.0. The van der Waals surface area contributed by atoms with E-state index in [4.69, 9.17) is 16.9 Å². The van der Waals surface area contributed by atoms with Gasteiger partial charge in [0.25, 0.3) is 0 Å². The van der Waals surface area contributed by atoms with E-state index >= 15 is 0 Å². The molecule has 0 aliphatic rings. The van der Waals surface area contributed by atoms with Crippen molar-refractivity contribution in [3.05, 3.63) is 28.8 Å². The van der Waals surface area contributed by atoms with Crippen molar-refractivity contribution in [1.29, 1.82) is 5.41 Å². The monoisotopic (exact) mass is 336 g/mol. The van der Waals surface area contributed by atoms with Gasteiger partial charge in [-0.2, -0.15) is 18.2 Å². The first-order valence-corrected chi connectivity index (χ1v) is 7.89. The summed E-state index contributed by atoms with van der Waals surface area (Å²) in [5.41, 5.74) is 8.69. The third-order valence-corrected chi connectivity index (χ3v) is 3.98. The Bertz CT molecular complexity index is 739. The highest BCUT2D eigenvalue weighted by Crippen LogP contribution is 2.35. The van der Waals surface area contributed by atoms with Crippen LogP contribution in [-0.4, -0.2) is 26.5 Å². The number of benzene rings is 1. The van der Waals surface area contributed by atoms with Crippen LogP contribution in [0.15, 0.2) is 22.0 Å². The lowest BCUT2D eigenvalue weighted by Gasteiger charge is -2.16. The molecular weight excluding hydrogens is 321 g/mol. The number of nitrogens with one attached hydrogen (secondary N) is 1. The van der Waals surface area contributed by atoms with Crippen molar-refractivity contribution >= 4 is 21.6 Å². The molecule has 0 aliphatic heterocycles. The Morgan fingerprint density at radius 1 is 1.32 bits per heavy atom. The number of sulfone groups is 1. The number of aryl methyl sites for hydroxylation is 1. The molecule has 0 radical (unpaired) electrons. The standard InChI is InChI=1S/C12H15F3N4O2S/c1-3-6-4-8(12(13,14)15)7(10(16)19-11(17)18)5-9(6)22(2,20)21/h4-5H,3H2,1-2H3,(H5,16,17,18,19). The molecule has 0 saturated carbocycles. The number of hydrogen-bond acceptors (Lipinski definition) is 3. The molecule has 122 valence electrons. The second-order valence-electron chi connectivity index (χ2n) is 4.51. The first-order chi connectivity index (χ1) is 9.87. The van der Waals surface area contributed by atoms with Crippen LogP contribution in [0.5, 0.6) is 0 Å². The molecule has 0 aliphatic carbocycles. The average molecular weight is 336 g/mol. The molecule has 22 heavy (non-hydrogen) atoms. The maximum absolute atomic E-state index is 13.1. The van der Waals surface area contributed by atoms with Crippen LogP contribution in [0.4, 0.5) is 13.2 Å². The molecule has 10 heteroatoms. The summed E-state index contributed by atoms with van der Waals surface area (Å²) >= 11 is 0. The first kappa shape index (κ1) is 18.0. The van der Waals surface area contributed by atoms with E-state index in [1.165, 1.54) is 6.92 Å². The van der Waals surface area contributed by atoms with Crippen LogP contribution >= 0.6 is 0 Å². The van der Waals surface area contributed by atoms with E-state index < -0.39 is 38.9 Å². The van der Waals surface area contributed by atoms with Gasteiger partial charge >= 0.3 is 6.18 Å². The Morgan fingerprint density at radius 3 is 2.23 bits per heavy atom. The Kier molecular flexibility index (Phi) is 4.86. The molecule has 0 atom stereocenters. The van der Waals surface area contributed by atoms with Crippen LogP contribution in [0.1, 0.15) is 23.6 Å². The Labute approximate surface area is 125 Å². The molecule has 5 N–H and O–H groups in total. The summed E-state index contributed by atoms with van der Waals surface area (Å²) in [6.45, 7) is 1.54. The number of hydrogen-bond donors (Lipinski definition) is 3. The zero-order valence-electron chi connectivity index (χ0n) is 11.8. The normalized spacial score (nSPS) is 13.2. The fourth-order valence-corrected chi connectivity index (χ4v) is 2.89. The third-order valence-electron chi connectivity index (χ3n) is 2.80. The fraction of sp³-hybridized carbons (Fsp3) is 0.333. The van der Waals surface area contributed by atoms with E-state index in [2.05, 4.69) is 4.99 Å². The number of guanidine groups is 1. The van der Waals surface area contributed by atoms with Crippen LogP contribution in [-0.2, 0) is 22.4 Å². The SMILES string of the molecule is CCc1cc(C(F)(F)F)c(C(N)=NC(=N)N)cc1S(C)(=O)=O. The van der Waals surface area contributed by atoms with Gasteiger partial charge in [-0.3, -0.25) is 5.41 Å². The predicted octanol–water partition coefficient (Wildman–Crippen LogP) is 1.27. The zero-order chi connectivity index (χ0) is 17.3. The Hall–Kier alpha value is -2.10. The van der Waals surface area contributed by atoms with Gasteiger partial charge in [0.1, 0.15) is 5.84 Å². The number of aliphatic imine (C=N–C) groups is 1. The average Bonchev–Trinajstić information content (AvgIpc) is 2.34. The van der Waals surface area contributed by atoms with Crippen LogP contribution in [0.2, 0.25) is 0 Å². The molecule has 0 bridgehead atoms. The molecular formula is C12H15F3N4O2S. The van der Waals surface area contributed by atoms with Crippen molar-refractivity contribution in [3.63, 3.8) is 0 Å². The molecule has 1 aromatic carbocycles. The highest BCUT2D eigenvalue weighted by atomic mass is 32.2. The van der Waals surface area contributed by atoms with Crippen LogP contribution < -0.4 is 11.5 Å². The maximum Gasteiger partial charge on any atom is 0.417 e. The number of nitrogens with two attached hydrogens (primary N) is 2. The van der Waals surface area contributed by atoms with E-state index in [0.29, 0.717) is 0 Å². The smallest absolute Gasteiger partial charge is 0.383 e. The minimum Gasteiger partial charge on any atom is -0.383 e. The van der Waals surface area contributed by atoms with Gasteiger partial charge in [-0.1, -0.05) is 6.92 Å². The fourth-order valence-electron chi connectivity index (χ4n) is 1.88. The number of amidine groups is 1. The van der Waals surface area contributed by atoms with Crippen molar-refractivity contribution in [2.24, 2.45) is 16.5 Å². The van der Waals surface area contributed by atoms with E-state index in [1.807, 2.05) is 0 Å². The molecule has 0 amide bonds. The molecule has 1 rings (SSSR count). The summed E-state index contributed by atoms with van der Waals surface area (Å²) in [7, 11) is -3.76. The molecule has 0 unspecified atom stereocenters. The topological polar surface area (TPSA) is 122 Å². The highest BCUT2D eigenvalue weighted by Gasteiger charge is 2.36. The lowest BCUT2D eigenvalue weighted by molar-refractivity contribution is -0.137. The van der Waals surface area contributed by atoms with Crippen LogP contribution in [0.25, 0.3) is 0 Å². The summed E-state index contributed by atoms with van der Waals surface area (Å²) in [6, 6.07) is 1.55. The highest BCUT2D eigenvalue weighted by molar-refractivity contribution is 7.90. The molecule has 0 spiro atoms. The summed E-state index contributed by atoms with van der Waals surface area (Å²) in [5, 5.41) is 6.97. The largest absolute Gasteiger partial charge is 0.417 e. The van der Waals surface area contributed by atoms with Crippen molar-refractivity contribution in [1.82, 2.24) is 0 Å². The summed E-state index contributed by atoms with van der Waals surface area (Å²) in [4.78, 5) is 3.00. The van der Waals surface area contributed by atoms with E-state index in [0.717, 1.165) is 18.4 Å². The second-order valence-corrected chi connectivity index (χ2v) is 6.50. The summed E-state index contributed by atoms with van der Waals surface area (Å²) in [6.07, 6.45) is -3.78. The molecule has 0 heterocycles. The molecule has 6 nitrogen and oxygen atoms in total. The van der Waals surface area contributed by atoms with Gasteiger partial charge in [0, 0.05) is 11.8 Å². The molecule has 1 aromatic rings. The van der Waals surface area contributed by atoms with Crippen molar-refractivity contribution in [3.8, 4) is 0 Å². The van der Waals surface area contributed by atoms with Crippen LogP contribution in [0.3, 0.4) is 0 Å². The minimum atomic E-state index is -4.76. The van der Waals surface area contributed by atoms with Gasteiger partial charge in [-0.05, 0) is 24.1 Å². The van der Waals surface area contributed by atoms with E-state index in [9.17, 15) is 21.6 Å². The van der Waals surface area contributed by atoms with Crippen LogP contribution in [0, 0.1) is 5.41 Å². The first-order valence-electron chi connectivity index (χ1n) is 6.00. The zero-order valence-corrected chi connectivity index (χ0v) is 12.6. The quantitative estimate of drug-likeness (QED) is 0.568. The van der Waals surface area contributed by atoms with Crippen molar-refractivity contribution in [2.45, 2.75) is 24.4 Å². The number of rotatable bonds is 3. The predicted molar refractivity (Wildman–Crippen MR) is 76.6 cm³/mol. The maximum atomic E-state index is 13.1. The Balaban J connectivity index is 3.83. The van der Waals surface area contributed by atoms with Gasteiger partial charge in [0.05, 0.1) is 10.5 Å². The van der Waals surface area contributed by atoms with Gasteiger partial charge in [-0.25, -0.2) is 8.42 Å². The van der Waals surface area contributed by atoms with Crippen molar-refractivity contribution in [2.75, 3.05) is 6.26 Å². The third kappa shape index (κ3) is 3.97. The van der Waals surface area contributed by atoms with E-state index in [1.54, 1.807) is 0 Å². The Morgan fingerprint density at radius 2 is 1.86 bits per heavy atom.